The molecule has 0 atom stereocenters. The molecule has 0 aromatic heterocycles. The average Bonchev–Trinajstić information content (AvgIpc) is 2.89. The standard InChI is InChI=1S/C29H27B2ClNOP/c1-2-12-29(34)33-28-20-27(32)26(30)19-22(28)21-35(31,23-13-6-3-7-14-23,24-15-8-4-9-16-24)25-17-10-5-11-18-25/h3-11,13-20H,2,12,21H2,1H3,(H,33,34). The van der Waals surface area contributed by atoms with Crippen LogP contribution in [0.4, 0.5) is 5.69 Å². The second kappa shape index (κ2) is 10.4. The van der Waals surface area contributed by atoms with Crippen molar-refractivity contribution < 1.29 is 4.79 Å². The molecule has 0 fully saturated rings. The molecule has 4 aromatic rings. The van der Waals surface area contributed by atoms with Gasteiger partial charge < -0.3 is 0 Å². The van der Waals surface area contributed by atoms with Crippen molar-refractivity contribution >= 4 is 66.5 Å². The van der Waals surface area contributed by atoms with E-state index in [0.717, 1.165) is 27.9 Å². The van der Waals surface area contributed by atoms with Gasteiger partial charge in [-0.15, -0.1) is 0 Å². The quantitative estimate of drug-likeness (QED) is 0.272. The van der Waals surface area contributed by atoms with E-state index in [2.05, 4.69) is 41.7 Å². The fourth-order valence-corrected chi connectivity index (χ4v) is 9.84. The molecular weight excluding hydrogens is 466 g/mol. The van der Waals surface area contributed by atoms with Gasteiger partial charge >= 0.3 is 216 Å². The van der Waals surface area contributed by atoms with Gasteiger partial charge in [0.1, 0.15) is 0 Å². The Morgan fingerprint density at radius 3 is 1.71 bits per heavy atom. The van der Waals surface area contributed by atoms with Crippen molar-refractivity contribution in [2.45, 2.75) is 25.9 Å². The second-order valence-electron chi connectivity index (χ2n) is 8.87. The van der Waals surface area contributed by atoms with Crippen LogP contribution in [0.3, 0.4) is 0 Å². The van der Waals surface area contributed by atoms with Gasteiger partial charge in [0.05, 0.1) is 0 Å². The number of hydrogen-bond donors (Lipinski definition) is 1. The Kier molecular flexibility index (Phi) is 7.55. The summed E-state index contributed by atoms with van der Waals surface area (Å²) in [4.78, 5) is 12.6. The van der Waals surface area contributed by atoms with Crippen LogP contribution in [0.2, 0.25) is 5.02 Å². The van der Waals surface area contributed by atoms with E-state index in [-0.39, 0.29) is 5.91 Å². The van der Waals surface area contributed by atoms with Crippen molar-refractivity contribution in [3.05, 3.63) is 114 Å². The number of nitrogens with one attached hydrogen (secondary N) is 1. The molecule has 4 rings (SSSR count). The van der Waals surface area contributed by atoms with Crippen LogP contribution in [-0.2, 0) is 11.0 Å². The molecular formula is C29H27B2ClNOP. The number of carbonyl (C=O) groups excluding carboxylic acids is 1. The normalized spacial score (nSPS) is 12.5. The Labute approximate surface area is 215 Å². The van der Waals surface area contributed by atoms with E-state index in [9.17, 15) is 4.79 Å². The number of hydrogen-bond acceptors (Lipinski definition) is 1. The zero-order valence-corrected chi connectivity index (χ0v) is 21.5. The zero-order chi connectivity index (χ0) is 24.9. The summed E-state index contributed by atoms with van der Waals surface area (Å²) >= 11 is 6.41. The Morgan fingerprint density at radius 2 is 1.29 bits per heavy atom. The van der Waals surface area contributed by atoms with Gasteiger partial charge in [0.2, 0.25) is 0 Å². The van der Waals surface area contributed by atoms with Gasteiger partial charge in [0, 0.05) is 0 Å². The third-order valence-electron chi connectivity index (χ3n) is 6.51. The molecule has 4 radical (unpaired) electrons. The summed E-state index contributed by atoms with van der Waals surface area (Å²) in [6.07, 6.45) is 1.63. The fourth-order valence-electron chi connectivity index (χ4n) is 4.70. The van der Waals surface area contributed by atoms with Gasteiger partial charge in [-0.25, -0.2) is 0 Å². The summed E-state index contributed by atoms with van der Waals surface area (Å²) in [5, 5.41) is 6.61. The van der Waals surface area contributed by atoms with Gasteiger partial charge in [-0.3, -0.25) is 0 Å². The molecule has 0 saturated heterocycles. The fraction of sp³-hybridized carbons (Fsp3) is 0.138. The van der Waals surface area contributed by atoms with Gasteiger partial charge in [-0.05, 0) is 0 Å². The molecule has 2 nitrogen and oxygen atoms in total. The average molecular weight is 494 g/mol. The first kappa shape index (κ1) is 25.3. The molecule has 1 amide bonds. The molecule has 6 heteroatoms. The van der Waals surface area contributed by atoms with Crippen LogP contribution < -0.4 is 26.7 Å². The van der Waals surface area contributed by atoms with Gasteiger partial charge in [0.25, 0.3) is 0 Å². The number of amides is 1. The number of rotatable bonds is 8. The van der Waals surface area contributed by atoms with Crippen molar-refractivity contribution in [1.82, 2.24) is 0 Å². The number of anilines is 1. The summed E-state index contributed by atoms with van der Waals surface area (Å²) in [7, 11) is 14.2. The molecule has 0 bridgehead atoms. The Bertz CT molecular complexity index is 1220. The predicted octanol–water partition coefficient (Wildman–Crippen LogP) is 4.99. The van der Waals surface area contributed by atoms with Crippen molar-refractivity contribution in [3.63, 3.8) is 0 Å². The molecule has 35 heavy (non-hydrogen) atoms. The second-order valence-corrected chi connectivity index (χ2v) is 13.9. The molecule has 0 aliphatic heterocycles. The van der Waals surface area contributed by atoms with E-state index in [0.29, 0.717) is 28.8 Å². The molecule has 1 N–H and O–H groups in total. The van der Waals surface area contributed by atoms with E-state index in [1.807, 2.05) is 67.6 Å². The monoisotopic (exact) mass is 493 g/mol. The minimum absolute atomic E-state index is 0.0638. The van der Waals surface area contributed by atoms with Crippen LogP contribution in [0.1, 0.15) is 25.3 Å². The molecule has 0 unspecified atom stereocenters. The summed E-state index contributed by atoms with van der Waals surface area (Å²) in [5.74, 6) is -0.0638. The molecule has 172 valence electrons. The van der Waals surface area contributed by atoms with E-state index >= 15 is 0 Å². The number of halogens is 1. The zero-order valence-electron chi connectivity index (χ0n) is 19.8. The van der Waals surface area contributed by atoms with Crippen LogP contribution in [0.25, 0.3) is 0 Å². The molecule has 0 heterocycles. The first-order valence-electron chi connectivity index (χ1n) is 11.7. The van der Waals surface area contributed by atoms with Gasteiger partial charge in [0.15, 0.2) is 0 Å². The number of carbonyl (C=O) groups is 1. The Balaban J connectivity index is 2.04. The molecule has 0 aliphatic rings. The van der Waals surface area contributed by atoms with Crippen LogP contribution in [0.5, 0.6) is 0 Å². The first-order chi connectivity index (χ1) is 16.9. The first-order valence-corrected chi connectivity index (χ1v) is 14.6. The maximum atomic E-state index is 12.6. The molecule has 0 spiro atoms. The molecule has 0 saturated carbocycles. The van der Waals surface area contributed by atoms with Crippen LogP contribution >= 0.6 is 18.1 Å². The van der Waals surface area contributed by atoms with E-state index in [4.69, 9.17) is 27.0 Å². The molecule has 4 aromatic carbocycles. The number of benzene rings is 4. The van der Waals surface area contributed by atoms with Crippen LogP contribution in [0.15, 0.2) is 103 Å². The van der Waals surface area contributed by atoms with Crippen molar-refractivity contribution in [1.29, 1.82) is 0 Å². The van der Waals surface area contributed by atoms with Crippen LogP contribution in [0, 0.1) is 0 Å². The topological polar surface area (TPSA) is 29.1 Å². The summed E-state index contributed by atoms with van der Waals surface area (Å²) < 4.78 is 0. The van der Waals surface area contributed by atoms with Crippen LogP contribution in [-0.4, -0.2) is 21.3 Å². The Hall–Kier alpha value is -2.80. The SMILES string of the molecule is [B]c1cc(CP([B])(c2ccccc2)(c2ccccc2)c2ccccc2)c(NC(=O)CCC)cc1Cl. The predicted molar refractivity (Wildman–Crippen MR) is 155 cm³/mol. The Morgan fingerprint density at radius 1 is 0.829 bits per heavy atom. The minimum atomic E-state index is -3.58. The van der Waals surface area contributed by atoms with Crippen molar-refractivity contribution in [3.8, 4) is 0 Å². The van der Waals surface area contributed by atoms with E-state index in [1.54, 1.807) is 6.07 Å². The third kappa shape index (κ3) is 4.83. The molecule has 0 aliphatic carbocycles. The van der Waals surface area contributed by atoms with E-state index < -0.39 is 6.48 Å². The van der Waals surface area contributed by atoms with Gasteiger partial charge in [-0.2, -0.15) is 0 Å². The maximum absolute atomic E-state index is 12.6. The van der Waals surface area contributed by atoms with Crippen molar-refractivity contribution in [2.24, 2.45) is 0 Å². The third-order valence-corrected chi connectivity index (χ3v) is 12.3. The summed E-state index contributed by atoms with van der Waals surface area (Å²) in [6, 6.07) is 34.3. The van der Waals surface area contributed by atoms with Crippen molar-refractivity contribution in [2.75, 3.05) is 5.32 Å². The summed E-state index contributed by atoms with van der Waals surface area (Å²) in [5.41, 5.74) is 1.95. The van der Waals surface area contributed by atoms with E-state index in [1.165, 1.54) is 0 Å². The van der Waals surface area contributed by atoms with Gasteiger partial charge in [-0.1, -0.05) is 0 Å². The summed E-state index contributed by atoms with van der Waals surface area (Å²) in [6.45, 7) is -1.60.